The minimum Gasteiger partial charge on any atom is -0.309 e. The van der Waals surface area contributed by atoms with Crippen molar-refractivity contribution in [1.29, 1.82) is 0 Å². The van der Waals surface area contributed by atoms with Crippen LogP contribution in [-0.2, 0) is 0 Å². The molecule has 1 aromatic heterocycles. The number of thiophene rings is 1. The molecule has 2 unspecified atom stereocenters. The van der Waals surface area contributed by atoms with Gasteiger partial charge in [0.1, 0.15) is 0 Å². The Morgan fingerprint density at radius 3 is 2.62 bits per heavy atom. The summed E-state index contributed by atoms with van der Waals surface area (Å²) < 4.78 is 1.28. The second kappa shape index (κ2) is 4.43. The fourth-order valence-corrected chi connectivity index (χ4v) is 4.47. The van der Waals surface area contributed by atoms with Crippen LogP contribution in [0.25, 0.3) is 0 Å². The second-order valence-corrected chi connectivity index (χ2v) is 7.55. The van der Waals surface area contributed by atoms with Gasteiger partial charge < -0.3 is 5.32 Å². The van der Waals surface area contributed by atoms with Crippen molar-refractivity contribution in [3.05, 3.63) is 20.3 Å². The summed E-state index contributed by atoms with van der Waals surface area (Å²) in [6.07, 6.45) is 1.34. The monoisotopic (exact) mass is 301 g/mol. The zero-order chi connectivity index (χ0) is 11.9. The van der Waals surface area contributed by atoms with Gasteiger partial charge in [0.05, 0.1) is 0 Å². The van der Waals surface area contributed by atoms with Crippen LogP contribution in [0.5, 0.6) is 0 Å². The van der Waals surface area contributed by atoms with Gasteiger partial charge in [0, 0.05) is 20.3 Å². The number of hydrogen-bond acceptors (Lipinski definition) is 2. The normalized spacial score (nSPS) is 24.4. The minimum atomic E-state index is 0.518. The molecule has 0 saturated heterocycles. The lowest BCUT2D eigenvalue weighted by Crippen LogP contribution is -2.23. The summed E-state index contributed by atoms with van der Waals surface area (Å²) in [6, 6.07) is 2.77. The number of nitrogens with one attached hydrogen (secondary N) is 1. The lowest BCUT2D eigenvalue weighted by molar-refractivity contribution is 0.427. The molecule has 0 spiro atoms. The van der Waals surface area contributed by atoms with Crippen molar-refractivity contribution < 1.29 is 0 Å². The molecule has 0 radical (unpaired) electrons. The van der Waals surface area contributed by atoms with Crippen molar-refractivity contribution in [3.8, 4) is 0 Å². The van der Waals surface area contributed by atoms with Gasteiger partial charge in [0.2, 0.25) is 0 Å². The predicted octanol–water partition coefficient (Wildman–Crippen LogP) is 4.52. The Balaban J connectivity index is 2.23. The highest BCUT2D eigenvalue weighted by molar-refractivity contribution is 9.10. The Kier molecular flexibility index (Phi) is 3.49. The van der Waals surface area contributed by atoms with Crippen molar-refractivity contribution in [3.63, 3.8) is 0 Å². The Bertz CT molecular complexity index is 383. The Morgan fingerprint density at radius 1 is 1.62 bits per heavy atom. The maximum absolute atomic E-state index is 3.69. The first-order valence-corrected chi connectivity index (χ1v) is 7.56. The number of halogens is 1. The number of aryl methyl sites for hydroxylation is 1. The van der Waals surface area contributed by atoms with Gasteiger partial charge in [-0.25, -0.2) is 0 Å². The van der Waals surface area contributed by atoms with E-state index in [9.17, 15) is 0 Å². The van der Waals surface area contributed by atoms with E-state index in [0.717, 1.165) is 12.5 Å². The van der Waals surface area contributed by atoms with Crippen LogP contribution in [0.4, 0.5) is 0 Å². The molecule has 3 heteroatoms. The van der Waals surface area contributed by atoms with E-state index in [2.05, 4.69) is 55.0 Å². The van der Waals surface area contributed by atoms with Crippen LogP contribution in [-0.4, -0.2) is 6.54 Å². The molecule has 1 aromatic rings. The molecule has 1 heterocycles. The molecule has 1 N–H and O–H groups in total. The summed E-state index contributed by atoms with van der Waals surface area (Å²) in [6.45, 7) is 10.2. The van der Waals surface area contributed by atoms with E-state index >= 15 is 0 Å². The average molecular weight is 302 g/mol. The summed E-state index contributed by atoms with van der Waals surface area (Å²) in [7, 11) is 0. The average Bonchev–Trinajstić information content (AvgIpc) is 2.66. The molecular formula is C13H20BrNS. The first-order valence-electron chi connectivity index (χ1n) is 5.95. The van der Waals surface area contributed by atoms with Crippen molar-refractivity contribution in [2.45, 2.75) is 40.2 Å². The van der Waals surface area contributed by atoms with Gasteiger partial charge in [-0.1, -0.05) is 20.8 Å². The number of hydrogen-bond donors (Lipinski definition) is 1. The van der Waals surface area contributed by atoms with Crippen molar-refractivity contribution in [2.75, 3.05) is 6.54 Å². The molecular weight excluding hydrogens is 282 g/mol. The quantitative estimate of drug-likeness (QED) is 0.862. The molecule has 16 heavy (non-hydrogen) atoms. The fourth-order valence-electron chi connectivity index (χ4n) is 2.43. The van der Waals surface area contributed by atoms with Gasteiger partial charge in [-0.15, -0.1) is 11.3 Å². The molecule has 1 fully saturated rings. The third kappa shape index (κ3) is 2.36. The van der Waals surface area contributed by atoms with Crippen LogP contribution in [0.2, 0.25) is 0 Å². The zero-order valence-electron chi connectivity index (χ0n) is 10.4. The second-order valence-electron chi connectivity index (χ2n) is 5.40. The third-order valence-electron chi connectivity index (χ3n) is 3.53. The topological polar surface area (TPSA) is 12.0 Å². The van der Waals surface area contributed by atoms with Gasteiger partial charge in [0.25, 0.3) is 0 Å². The van der Waals surface area contributed by atoms with Gasteiger partial charge in [-0.2, -0.15) is 0 Å². The molecule has 0 aliphatic heterocycles. The van der Waals surface area contributed by atoms with Crippen LogP contribution in [0, 0.1) is 18.3 Å². The standard InChI is InChI=1S/C13H20BrNS/c1-5-15-11(9-7-13(9,3)4)12-10(14)6-8(2)16-12/h6,9,11,15H,5,7H2,1-4H3. The molecule has 0 amide bonds. The Hall–Kier alpha value is 0.140. The Morgan fingerprint density at radius 2 is 2.25 bits per heavy atom. The minimum absolute atomic E-state index is 0.518. The van der Waals surface area contributed by atoms with Crippen molar-refractivity contribution in [2.24, 2.45) is 11.3 Å². The lowest BCUT2D eigenvalue weighted by atomic mass is 10.0. The van der Waals surface area contributed by atoms with E-state index in [1.54, 1.807) is 0 Å². The SMILES string of the molecule is CCNC(c1sc(C)cc1Br)C1CC1(C)C. The molecule has 1 aliphatic carbocycles. The maximum Gasteiger partial charge on any atom is 0.0460 e. The van der Waals surface area contributed by atoms with Crippen LogP contribution in [0.15, 0.2) is 10.5 Å². The smallest absolute Gasteiger partial charge is 0.0460 e. The summed E-state index contributed by atoms with van der Waals surface area (Å²) in [5.74, 6) is 0.793. The van der Waals surface area contributed by atoms with Crippen LogP contribution < -0.4 is 5.32 Å². The van der Waals surface area contributed by atoms with E-state index < -0.39 is 0 Å². The summed E-state index contributed by atoms with van der Waals surface area (Å²) >= 11 is 5.61. The molecule has 1 nitrogen and oxygen atoms in total. The highest BCUT2D eigenvalue weighted by Crippen LogP contribution is 2.59. The van der Waals surface area contributed by atoms with Crippen LogP contribution in [0.1, 0.15) is 43.0 Å². The molecule has 0 aromatic carbocycles. The van der Waals surface area contributed by atoms with E-state index in [1.807, 2.05) is 11.3 Å². The van der Waals surface area contributed by atoms with Gasteiger partial charge in [0.15, 0.2) is 0 Å². The zero-order valence-corrected chi connectivity index (χ0v) is 12.8. The van der Waals surface area contributed by atoms with Gasteiger partial charge in [-0.05, 0) is 53.2 Å². The highest BCUT2D eigenvalue weighted by Gasteiger charge is 2.50. The summed E-state index contributed by atoms with van der Waals surface area (Å²) in [4.78, 5) is 2.87. The lowest BCUT2D eigenvalue weighted by Gasteiger charge is -2.19. The molecule has 1 aliphatic rings. The first kappa shape index (κ1) is 12.6. The Labute approximate surface area is 111 Å². The summed E-state index contributed by atoms with van der Waals surface area (Å²) in [5.41, 5.74) is 0.518. The van der Waals surface area contributed by atoms with E-state index in [0.29, 0.717) is 11.5 Å². The molecule has 90 valence electrons. The fraction of sp³-hybridized carbons (Fsp3) is 0.692. The van der Waals surface area contributed by atoms with Gasteiger partial charge >= 0.3 is 0 Å². The van der Waals surface area contributed by atoms with Crippen molar-refractivity contribution >= 4 is 27.3 Å². The largest absolute Gasteiger partial charge is 0.309 e. The first-order chi connectivity index (χ1) is 7.45. The van der Waals surface area contributed by atoms with Crippen LogP contribution >= 0.6 is 27.3 Å². The van der Waals surface area contributed by atoms with Crippen LogP contribution in [0.3, 0.4) is 0 Å². The molecule has 0 bridgehead atoms. The third-order valence-corrected chi connectivity index (χ3v) is 5.59. The maximum atomic E-state index is 3.69. The van der Waals surface area contributed by atoms with Gasteiger partial charge in [-0.3, -0.25) is 0 Å². The highest BCUT2D eigenvalue weighted by atomic mass is 79.9. The molecule has 2 rings (SSSR count). The predicted molar refractivity (Wildman–Crippen MR) is 75.1 cm³/mol. The van der Waals surface area contributed by atoms with E-state index in [-0.39, 0.29) is 0 Å². The van der Waals surface area contributed by atoms with E-state index in [1.165, 1.54) is 20.6 Å². The molecule has 1 saturated carbocycles. The number of rotatable bonds is 4. The van der Waals surface area contributed by atoms with E-state index in [4.69, 9.17) is 0 Å². The molecule has 2 atom stereocenters. The van der Waals surface area contributed by atoms with Crippen molar-refractivity contribution in [1.82, 2.24) is 5.32 Å². The summed E-state index contributed by atoms with van der Waals surface area (Å²) in [5, 5.41) is 3.65.